The predicted molar refractivity (Wildman–Crippen MR) is 105 cm³/mol. The maximum Gasteiger partial charge on any atom is 0.256 e. The maximum absolute atomic E-state index is 14.1. The van der Waals surface area contributed by atoms with Gasteiger partial charge < -0.3 is 15.4 Å². The fourth-order valence-corrected chi connectivity index (χ4v) is 2.59. The van der Waals surface area contributed by atoms with Crippen LogP contribution in [-0.2, 0) is 0 Å². The highest BCUT2D eigenvalue weighted by atomic mass is 19.1. The Morgan fingerprint density at radius 3 is 2.89 bits per heavy atom. The molecule has 7 nitrogen and oxygen atoms in total. The maximum atomic E-state index is 14.1. The van der Waals surface area contributed by atoms with Crippen molar-refractivity contribution < 1.29 is 16.8 Å². The molecule has 0 saturated heterocycles. The lowest BCUT2D eigenvalue weighted by Gasteiger charge is -2.11. The monoisotopic (exact) mass is 375 g/mol. The zero-order valence-corrected chi connectivity index (χ0v) is 15.5. The first-order valence-corrected chi connectivity index (χ1v) is 8.86. The van der Waals surface area contributed by atoms with Crippen molar-refractivity contribution >= 4 is 23.1 Å². The number of nitrogens with one attached hydrogen (secondary N) is 2. The number of amides is 1. The predicted octanol–water partition coefficient (Wildman–Crippen LogP) is 3.95. The van der Waals surface area contributed by atoms with Crippen LogP contribution in [0.2, 0.25) is 0 Å². The average molecular weight is 375 g/mol. The van der Waals surface area contributed by atoms with Crippen molar-refractivity contribution in [3.05, 3.63) is 47.5 Å². The molecule has 1 aliphatic heterocycles. The van der Waals surface area contributed by atoms with Crippen molar-refractivity contribution in [2.45, 2.75) is 27.2 Å². The van der Waals surface area contributed by atoms with Crippen molar-refractivity contribution in [2.24, 2.45) is 0 Å². The number of rotatable bonds is 0. The summed E-state index contributed by atoms with van der Waals surface area (Å²) in [6.45, 7) is 6.67. The van der Waals surface area contributed by atoms with Gasteiger partial charge in [-0.3, -0.25) is 4.79 Å². The average Bonchev–Trinajstić information content (AvgIpc) is 3.06. The van der Waals surface area contributed by atoms with Gasteiger partial charge in [-0.05, 0) is 19.1 Å². The Morgan fingerprint density at radius 1 is 1.33 bits per heavy atom. The summed E-state index contributed by atoms with van der Waals surface area (Å²) in [6.07, 6.45) is 2.72. The zero-order valence-electron chi connectivity index (χ0n) is 15.5. The first kappa shape index (κ1) is 18.6. The number of anilines is 2. The number of fused-ring (bicyclic) bond motifs is 3. The van der Waals surface area contributed by atoms with Crippen LogP contribution in [-0.4, -0.2) is 33.7 Å². The Morgan fingerprint density at radius 2 is 2.11 bits per heavy atom. The summed E-state index contributed by atoms with van der Waals surface area (Å²) in [5.74, 6) is 0.229. The number of nitrogens with zero attached hydrogens (tertiary/aromatic N) is 3. The first-order valence-electron chi connectivity index (χ1n) is 8.86. The van der Waals surface area contributed by atoms with Gasteiger partial charge in [0.15, 0.2) is 5.65 Å². The van der Waals surface area contributed by atoms with Crippen LogP contribution in [0.4, 0.5) is 15.9 Å². The molecule has 1 aliphatic rings. The minimum absolute atomic E-state index is 0. The third kappa shape index (κ3) is 3.99. The van der Waals surface area contributed by atoms with E-state index in [1.807, 2.05) is 6.92 Å². The zero-order chi connectivity index (χ0) is 19.4. The van der Waals surface area contributed by atoms with Crippen molar-refractivity contribution in [2.75, 3.05) is 18.5 Å². The molecule has 0 saturated carbocycles. The van der Waals surface area contributed by atoms with Gasteiger partial charge in [-0.25, -0.2) is 13.9 Å². The number of ether oxygens (including phenoxy) is 1. The second kappa shape index (κ2) is 8.03. The van der Waals surface area contributed by atoms with Crippen LogP contribution in [0.5, 0.6) is 5.75 Å². The van der Waals surface area contributed by atoms with E-state index in [1.165, 1.54) is 18.7 Å². The van der Waals surface area contributed by atoms with Crippen LogP contribution in [0.3, 0.4) is 0 Å². The van der Waals surface area contributed by atoms with Crippen LogP contribution >= 0.6 is 0 Å². The number of aromatic nitrogens is 3. The number of carbonyl (C=O) groups excluding carboxylic acids is 1. The van der Waals surface area contributed by atoms with Gasteiger partial charge in [-0.2, -0.15) is 5.10 Å². The number of hydrogen-bond acceptors (Lipinski definition) is 5. The highest BCUT2D eigenvalue weighted by Crippen LogP contribution is 2.25. The summed E-state index contributed by atoms with van der Waals surface area (Å²) in [5, 5.41) is 9.89. The van der Waals surface area contributed by atoms with Crippen LogP contribution in [0.15, 0.2) is 30.5 Å². The van der Waals surface area contributed by atoms with E-state index < -0.39 is 5.82 Å². The molecular formula is C19H26FN5O2. The van der Waals surface area contributed by atoms with Crippen LogP contribution in [0.1, 0.15) is 39.2 Å². The molecular weight excluding hydrogens is 349 g/mol. The quantitative estimate of drug-likeness (QED) is 0.622. The highest BCUT2D eigenvalue weighted by Gasteiger charge is 2.17. The Kier molecular flexibility index (Phi) is 5.54. The van der Waals surface area contributed by atoms with E-state index in [2.05, 4.69) is 34.6 Å². The lowest BCUT2D eigenvalue weighted by Crippen LogP contribution is -2.28. The van der Waals surface area contributed by atoms with Crippen molar-refractivity contribution in [3.8, 4) is 5.75 Å². The molecule has 4 rings (SSSR count). The number of aryl methyl sites for hydroxylation is 1. The van der Waals surface area contributed by atoms with Crippen LogP contribution < -0.4 is 15.4 Å². The number of carbonyl (C=O) groups is 1. The van der Waals surface area contributed by atoms with Gasteiger partial charge in [-0.15, -0.1) is 0 Å². The molecule has 1 amide bonds. The van der Waals surface area contributed by atoms with Gasteiger partial charge in [-0.1, -0.05) is 20.3 Å². The second-order valence-electron chi connectivity index (χ2n) is 6.15. The SMILES string of the molecule is CCC.Cc1cc2nc3c(cnn13)C(=O)NCCOc1ccc(F)c(c1)N2.[HH].[HH]. The minimum Gasteiger partial charge on any atom is -0.492 e. The van der Waals surface area contributed by atoms with Gasteiger partial charge >= 0.3 is 0 Å². The van der Waals surface area contributed by atoms with Crippen LogP contribution in [0.25, 0.3) is 5.65 Å². The van der Waals surface area contributed by atoms with Crippen LogP contribution in [0, 0.1) is 12.7 Å². The lowest BCUT2D eigenvalue weighted by molar-refractivity contribution is 0.0948. The first-order chi connectivity index (χ1) is 13.0. The Balaban J connectivity index is 0.000000794. The lowest BCUT2D eigenvalue weighted by atomic mass is 10.2. The molecule has 2 aromatic heterocycles. The van der Waals surface area contributed by atoms with Gasteiger partial charge in [0.1, 0.15) is 29.6 Å². The van der Waals surface area contributed by atoms with Crippen molar-refractivity contribution in [3.63, 3.8) is 0 Å². The standard InChI is InChI=1S/C16H14FN5O2.C3H8.2H2/c1-9-6-14-20-13-7-10(2-3-12(13)17)24-5-4-18-16(23)11-8-19-22(9)15(11)21-14;1-3-2;;/h2-3,6-8H,4-5H2,1H3,(H,18,23)(H,20,21);3H2,1-2H3;2*1H. The third-order valence-electron chi connectivity index (χ3n) is 3.75. The van der Waals surface area contributed by atoms with Gasteiger partial charge in [0.25, 0.3) is 5.91 Å². The smallest absolute Gasteiger partial charge is 0.256 e. The molecule has 3 heterocycles. The van der Waals surface area contributed by atoms with E-state index in [1.54, 1.807) is 22.7 Å². The second-order valence-corrected chi connectivity index (χ2v) is 6.15. The molecule has 0 spiro atoms. The van der Waals surface area contributed by atoms with E-state index in [4.69, 9.17) is 4.74 Å². The van der Waals surface area contributed by atoms with Crippen molar-refractivity contribution in [1.29, 1.82) is 0 Å². The molecule has 0 atom stereocenters. The summed E-state index contributed by atoms with van der Waals surface area (Å²) < 4.78 is 21.2. The topological polar surface area (TPSA) is 80.6 Å². The molecule has 4 bridgehead atoms. The molecule has 27 heavy (non-hydrogen) atoms. The van der Waals surface area contributed by atoms with Gasteiger partial charge in [0.2, 0.25) is 0 Å². The van der Waals surface area contributed by atoms with Crippen molar-refractivity contribution in [1.82, 2.24) is 19.9 Å². The fourth-order valence-electron chi connectivity index (χ4n) is 2.59. The van der Waals surface area contributed by atoms with E-state index >= 15 is 0 Å². The normalized spacial score (nSPS) is 13.3. The Hall–Kier alpha value is -3.16. The Bertz CT molecular complexity index is 981. The molecule has 0 fully saturated rings. The summed E-state index contributed by atoms with van der Waals surface area (Å²) in [4.78, 5) is 16.7. The summed E-state index contributed by atoms with van der Waals surface area (Å²) in [7, 11) is 0. The molecule has 3 aromatic rings. The van der Waals surface area contributed by atoms with E-state index in [9.17, 15) is 9.18 Å². The number of hydrogen-bond donors (Lipinski definition) is 2. The molecule has 2 N–H and O–H groups in total. The molecule has 0 radical (unpaired) electrons. The third-order valence-corrected chi connectivity index (χ3v) is 3.75. The Labute approximate surface area is 159 Å². The molecule has 0 aliphatic carbocycles. The number of benzene rings is 1. The summed E-state index contributed by atoms with van der Waals surface area (Å²) >= 11 is 0. The minimum atomic E-state index is -0.417. The van der Waals surface area contributed by atoms with Gasteiger partial charge in [0.05, 0.1) is 18.4 Å². The molecule has 146 valence electrons. The molecule has 1 aromatic carbocycles. The van der Waals surface area contributed by atoms with E-state index in [0.717, 1.165) is 5.69 Å². The summed E-state index contributed by atoms with van der Waals surface area (Å²) in [5.41, 5.74) is 1.78. The fraction of sp³-hybridized carbons (Fsp3) is 0.316. The largest absolute Gasteiger partial charge is 0.492 e. The molecule has 8 heteroatoms. The van der Waals surface area contributed by atoms with E-state index in [0.29, 0.717) is 29.3 Å². The van der Waals surface area contributed by atoms with Gasteiger partial charge in [0, 0.05) is 20.7 Å². The molecule has 0 unspecified atom stereocenters. The number of halogens is 1. The van der Waals surface area contributed by atoms with E-state index in [-0.39, 0.29) is 21.1 Å². The highest BCUT2D eigenvalue weighted by molar-refractivity contribution is 5.99. The summed E-state index contributed by atoms with van der Waals surface area (Å²) in [6, 6.07) is 6.16.